The second kappa shape index (κ2) is 5.45. The number of rotatable bonds is 3. The summed E-state index contributed by atoms with van der Waals surface area (Å²) in [5.74, 6) is -0.186. The van der Waals surface area contributed by atoms with Crippen LogP contribution >= 0.6 is 0 Å². The van der Waals surface area contributed by atoms with E-state index in [1.165, 1.54) is 0 Å². The van der Waals surface area contributed by atoms with Crippen LogP contribution in [0.3, 0.4) is 0 Å². The molecule has 0 spiro atoms. The van der Waals surface area contributed by atoms with E-state index in [0.29, 0.717) is 6.54 Å². The summed E-state index contributed by atoms with van der Waals surface area (Å²) in [6.45, 7) is 1.50. The smallest absolute Gasteiger partial charge is 0.278 e. The van der Waals surface area contributed by atoms with Gasteiger partial charge in [0, 0.05) is 5.69 Å². The molecule has 1 unspecified atom stereocenters. The van der Waals surface area contributed by atoms with Gasteiger partial charge in [0.05, 0.1) is 19.5 Å². The van der Waals surface area contributed by atoms with E-state index >= 15 is 0 Å². The molecule has 1 heterocycles. The highest BCUT2D eigenvalue weighted by atomic mass is 16.2. The average molecular weight is 234 g/mol. The van der Waals surface area contributed by atoms with Gasteiger partial charge in [0.15, 0.2) is 6.04 Å². The first kappa shape index (κ1) is 11.6. The van der Waals surface area contributed by atoms with Gasteiger partial charge in [-0.3, -0.25) is 9.59 Å². The zero-order chi connectivity index (χ0) is 12.1. The molecule has 2 rings (SSSR count). The number of quaternary nitrogens is 1. The van der Waals surface area contributed by atoms with Crippen molar-refractivity contribution in [3.05, 3.63) is 30.3 Å². The Morgan fingerprint density at radius 1 is 1.41 bits per heavy atom. The van der Waals surface area contributed by atoms with Crippen LogP contribution in [0.15, 0.2) is 30.3 Å². The number of anilines is 1. The van der Waals surface area contributed by atoms with Crippen LogP contribution in [0.4, 0.5) is 5.69 Å². The van der Waals surface area contributed by atoms with E-state index in [2.05, 4.69) is 10.6 Å². The van der Waals surface area contributed by atoms with Crippen LogP contribution in [0.5, 0.6) is 0 Å². The molecule has 0 aromatic heterocycles. The number of nitrogens with two attached hydrogens (primary N) is 1. The summed E-state index contributed by atoms with van der Waals surface area (Å²) in [4.78, 5) is 23.2. The molecule has 1 aromatic rings. The van der Waals surface area contributed by atoms with Crippen molar-refractivity contribution in [1.82, 2.24) is 5.32 Å². The lowest BCUT2D eigenvalue weighted by molar-refractivity contribution is -0.678. The normalized spacial score (nSPS) is 19.5. The van der Waals surface area contributed by atoms with Crippen molar-refractivity contribution in [1.29, 1.82) is 0 Å². The number of benzene rings is 1. The predicted octanol–water partition coefficient (Wildman–Crippen LogP) is -0.923. The predicted molar refractivity (Wildman–Crippen MR) is 63.3 cm³/mol. The summed E-state index contributed by atoms with van der Waals surface area (Å²) in [6, 6.07) is 8.94. The molecule has 0 aliphatic carbocycles. The fourth-order valence-electron chi connectivity index (χ4n) is 1.83. The Kier molecular flexibility index (Phi) is 3.72. The summed E-state index contributed by atoms with van der Waals surface area (Å²) in [5.41, 5.74) is 0.758. The molecule has 1 aliphatic heterocycles. The fraction of sp³-hybridized carbons (Fsp3) is 0.333. The number of amides is 2. The number of hydrogen-bond donors (Lipinski definition) is 3. The molecular weight excluding hydrogens is 218 g/mol. The first-order valence-electron chi connectivity index (χ1n) is 5.71. The molecule has 1 saturated heterocycles. The molecule has 1 atom stereocenters. The van der Waals surface area contributed by atoms with Crippen LogP contribution in [-0.4, -0.2) is 30.9 Å². The third-order valence-corrected chi connectivity index (χ3v) is 2.69. The van der Waals surface area contributed by atoms with Crippen LogP contribution in [0.25, 0.3) is 0 Å². The SMILES string of the molecule is O=C(CC1[NH2+]CCNC1=O)Nc1ccccc1. The lowest BCUT2D eigenvalue weighted by Crippen LogP contribution is -2.96. The largest absolute Gasteiger partial charge is 0.345 e. The third kappa shape index (κ3) is 3.29. The minimum Gasteiger partial charge on any atom is -0.345 e. The average Bonchev–Trinajstić information content (AvgIpc) is 2.33. The van der Waals surface area contributed by atoms with Crippen molar-refractivity contribution in [2.45, 2.75) is 12.5 Å². The van der Waals surface area contributed by atoms with Gasteiger partial charge in [-0.15, -0.1) is 0 Å². The van der Waals surface area contributed by atoms with Crippen LogP contribution < -0.4 is 16.0 Å². The number of carbonyl (C=O) groups excluding carboxylic acids is 2. The van der Waals surface area contributed by atoms with Crippen molar-refractivity contribution < 1.29 is 14.9 Å². The maximum absolute atomic E-state index is 11.7. The lowest BCUT2D eigenvalue weighted by Gasteiger charge is -2.19. The van der Waals surface area contributed by atoms with E-state index in [4.69, 9.17) is 0 Å². The molecule has 4 N–H and O–H groups in total. The summed E-state index contributed by atoms with van der Waals surface area (Å²) < 4.78 is 0. The molecule has 0 saturated carbocycles. The van der Waals surface area contributed by atoms with Gasteiger partial charge in [-0.1, -0.05) is 18.2 Å². The van der Waals surface area contributed by atoms with Gasteiger partial charge in [0.1, 0.15) is 0 Å². The molecule has 1 aromatic carbocycles. The minimum absolute atomic E-state index is 0.0561. The fourth-order valence-corrected chi connectivity index (χ4v) is 1.83. The molecule has 1 aliphatic rings. The number of nitrogens with one attached hydrogen (secondary N) is 2. The Balaban J connectivity index is 1.87. The quantitative estimate of drug-likeness (QED) is 0.632. The molecule has 17 heavy (non-hydrogen) atoms. The number of carbonyl (C=O) groups is 2. The van der Waals surface area contributed by atoms with Crippen LogP contribution in [0, 0.1) is 0 Å². The third-order valence-electron chi connectivity index (χ3n) is 2.69. The van der Waals surface area contributed by atoms with Gasteiger partial charge in [-0.05, 0) is 12.1 Å². The lowest BCUT2D eigenvalue weighted by atomic mass is 10.1. The van der Waals surface area contributed by atoms with Gasteiger partial charge in [0.25, 0.3) is 5.91 Å². The van der Waals surface area contributed by atoms with Gasteiger partial charge in [0.2, 0.25) is 5.91 Å². The summed E-state index contributed by atoms with van der Waals surface area (Å²) in [5, 5.41) is 7.43. The van der Waals surface area contributed by atoms with E-state index < -0.39 is 0 Å². The van der Waals surface area contributed by atoms with Gasteiger partial charge in [-0.25, -0.2) is 0 Å². The van der Waals surface area contributed by atoms with Crippen LogP contribution in [-0.2, 0) is 9.59 Å². The molecular formula is C12H16N3O2+. The molecule has 5 nitrogen and oxygen atoms in total. The maximum atomic E-state index is 11.7. The van der Waals surface area contributed by atoms with E-state index in [0.717, 1.165) is 12.2 Å². The Morgan fingerprint density at radius 3 is 2.88 bits per heavy atom. The van der Waals surface area contributed by atoms with Crippen molar-refractivity contribution in [2.24, 2.45) is 0 Å². The van der Waals surface area contributed by atoms with E-state index in [9.17, 15) is 9.59 Å². The van der Waals surface area contributed by atoms with Crippen molar-refractivity contribution in [2.75, 3.05) is 18.4 Å². The highest BCUT2D eigenvalue weighted by Crippen LogP contribution is 2.05. The second-order valence-corrected chi connectivity index (χ2v) is 4.04. The topological polar surface area (TPSA) is 74.8 Å². The molecule has 5 heteroatoms. The van der Waals surface area contributed by atoms with Crippen molar-refractivity contribution >= 4 is 17.5 Å². The summed E-state index contributed by atoms with van der Waals surface area (Å²) in [6.07, 6.45) is 0.209. The highest BCUT2D eigenvalue weighted by Gasteiger charge is 2.27. The summed E-state index contributed by atoms with van der Waals surface area (Å²) in [7, 11) is 0. The first-order valence-corrected chi connectivity index (χ1v) is 5.71. The standard InChI is InChI=1S/C12H15N3O2/c16-11(15-9-4-2-1-3-5-9)8-10-12(17)14-7-6-13-10/h1-5,10,13H,6-8H2,(H,14,17)(H,15,16)/p+1. The first-order chi connectivity index (χ1) is 8.25. The Labute approximate surface area is 99.6 Å². The zero-order valence-corrected chi connectivity index (χ0v) is 9.48. The number of hydrogen-bond acceptors (Lipinski definition) is 2. The van der Waals surface area contributed by atoms with Gasteiger partial charge >= 0.3 is 0 Å². The molecule has 1 fully saturated rings. The Morgan fingerprint density at radius 2 is 2.18 bits per heavy atom. The van der Waals surface area contributed by atoms with Crippen molar-refractivity contribution in [3.63, 3.8) is 0 Å². The Hall–Kier alpha value is -1.88. The monoisotopic (exact) mass is 234 g/mol. The highest BCUT2D eigenvalue weighted by molar-refractivity contribution is 5.94. The van der Waals surface area contributed by atoms with Crippen molar-refractivity contribution in [3.8, 4) is 0 Å². The molecule has 90 valence electrons. The number of para-hydroxylation sites is 1. The maximum Gasteiger partial charge on any atom is 0.278 e. The Bertz CT molecular complexity index is 405. The van der Waals surface area contributed by atoms with E-state index in [1.54, 1.807) is 0 Å². The number of piperazine rings is 1. The van der Waals surface area contributed by atoms with Gasteiger partial charge < -0.3 is 16.0 Å². The zero-order valence-electron chi connectivity index (χ0n) is 9.48. The molecule has 2 amide bonds. The van der Waals surface area contributed by atoms with Crippen LogP contribution in [0.2, 0.25) is 0 Å². The molecule has 0 radical (unpaired) electrons. The second-order valence-electron chi connectivity index (χ2n) is 4.04. The van der Waals surface area contributed by atoms with Gasteiger partial charge in [-0.2, -0.15) is 0 Å². The summed E-state index contributed by atoms with van der Waals surface area (Å²) >= 11 is 0. The molecule has 0 bridgehead atoms. The minimum atomic E-state index is -0.299. The van der Waals surface area contributed by atoms with Crippen LogP contribution in [0.1, 0.15) is 6.42 Å². The van der Waals surface area contributed by atoms with E-state index in [1.807, 2.05) is 35.6 Å². The van der Waals surface area contributed by atoms with E-state index in [-0.39, 0.29) is 24.3 Å².